The molecule has 7 atom stereocenters. The standard InChI is InChI=1S/C17H23N5O7/c18-17-20-14-10(15(28)21-17)6(3-19-7-1-2-8(24)11(7)25)4-22(14)16-13(27)12(26)9(5-23)29-16/h1-2,4,7-9,11-13,16,19,23-27H,3,5H2,(H3,18,20,21,28). The van der Waals surface area contributed by atoms with Gasteiger partial charge in [0.2, 0.25) is 5.95 Å². The Labute approximate surface area is 163 Å². The molecule has 2 aliphatic rings. The van der Waals surface area contributed by atoms with E-state index in [0.29, 0.717) is 5.56 Å². The van der Waals surface area contributed by atoms with Crippen LogP contribution in [0.1, 0.15) is 11.8 Å². The van der Waals surface area contributed by atoms with Crippen molar-refractivity contribution in [2.24, 2.45) is 0 Å². The van der Waals surface area contributed by atoms with Crippen molar-refractivity contribution in [1.82, 2.24) is 19.9 Å². The molecule has 12 heteroatoms. The fourth-order valence-electron chi connectivity index (χ4n) is 3.78. The maximum atomic E-state index is 12.5. The number of H-pyrrole nitrogens is 1. The van der Waals surface area contributed by atoms with Crippen molar-refractivity contribution in [2.45, 2.75) is 49.3 Å². The van der Waals surface area contributed by atoms with Gasteiger partial charge in [-0.1, -0.05) is 12.2 Å². The van der Waals surface area contributed by atoms with Crippen LogP contribution >= 0.6 is 0 Å². The van der Waals surface area contributed by atoms with Crippen LogP contribution < -0.4 is 16.6 Å². The zero-order valence-electron chi connectivity index (χ0n) is 15.2. The van der Waals surface area contributed by atoms with Gasteiger partial charge in [-0.2, -0.15) is 4.98 Å². The molecule has 0 spiro atoms. The van der Waals surface area contributed by atoms with Crippen LogP contribution in [-0.4, -0.2) is 83.2 Å². The topological polar surface area (TPSA) is 199 Å². The van der Waals surface area contributed by atoms with E-state index in [4.69, 9.17) is 10.5 Å². The highest BCUT2D eigenvalue weighted by atomic mass is 16.6. The summed E-state index contributed by atoms with van der Waals surface area (Å²) >= 11 is 0. The summed E-state index contributed by atoms with van der Waals surface area (Å²) in [6.45, 7) is -0.363. The molecular formula is C17H23N5O7. The van der Waals surface area contributed by atoms with Crippen molar-refractivity contribution in [3.63, 3.8) is 0 Å². The number of rotatable bonds is 5. The molecule has 1 saturated heterocycles. The molecule has 0 radical (unpaired) electrons. The lowest BCUT2D eigenvalue weighted by molar-refractivity contribution is -0.0509. The van der Waals surface area contributed by atoms with Gasteiger partial charge in [-0.25, -0.2) is 0 Å². The molecular weight excluding hydrogens is 386 g/mol. The third kappa shape index (κ3) is 3.34. The first-order chi connectivity index (χ1) is 13.8. The van der Waals surface area contributed by atoms with E-state index in [0.717, 1.165) is 0 Å². The van der Waals surface area contributed by atoms with E-state index in [-0.39, 0.29) is 23.5 Å². The first-order valence-corrected chi connectivity index (χ1v) is 9.11. The average Bonchev–Trinajstić information content (AvgIpc) is 3.29. The molecule has 2 aromatic rings. The molecule has 158 valence electrons. The Bertz CT molecular complexity index is 988. The first kappa shape index (κ1) is 20.0. The highest BCUT2D eigenvalue weighted by molar-refractivity contribution is 5.80. The summed E-state index contributed by atoms with van der Waals surface area (Å²) in [5.74, 6) is -0.134. The third-order valence-electron chi connectivity index (χ3n) is 5.33. The number of nitrogens with two attached hydrogens (primary N) is 1. The van der Waals surface area contributed by atoms with Gasteiger partial charge in [0.05, 0.1) is 24.1 Å². The van der Waals surface area contributed by atoms with Crippen LogP contribution in [0, 0.1) is 0 Å². The number of aromatic nitrogens is 3. The van der Waals surface area contributed by atoms with Crippen molar-refractivity contribution < 1.29 is 30.3 Å². The number of aromatic amines is 1. The minimum absolute atomic E-state index is 0.131. The fraction of sp³-hybridized carbons (Fsp3) is 0.529. The lowest BCUT2D eigenvalue weighted by Crippen LogP contribution is -2.40. The number of nitrogens with one attached hydrogen (secondary N) is 2. The van der Waals surface area contributed by atoms with Gasteiger partial charge < -0.3 is 45.9 Å². The predicted octanol–water partition coefficient (Wildman–Crippen LogP) is -3.33. The molecule has 0 bridgehead atoms. The molecule has 0 aromatic carbocycles. The summed E-state index contributed by atoms with van der Waals surface area (Å²) in [7, 11) is 0. The Morgan fingerprint density at radius 1 is 1.21 bits per heavy atom. The van der Waals surface area contributed by atoms with Gasteiger partial charge in [-0.3, -0.25) is 9.78 Å². The smallest absolute Gasteiger partial charge is 0.262 e. The van der Waals surface area contributed by atoms with Crippen LogP contribution in [0.5, 0.6) is 0 Å². The molecule has 1 fully saturated rings. The molecule has 3 heterocycles. The Morgan fingerprint density at radius 2 is 1.97 bits per heavy atom. The molecule has 0 saturated carbocycles. The first-order valence-electron chi connectivity index (χ1n) is 9.11. The van der Waals surface area contributed by atoms with E-state index in [1.807, 2.05) is 0 Å². The van der Waals surface area contributed by atoms with Crippen molar-refractivity contribution in [3.8, 4) is 0 Å². The normalized spacial score (nSPS) is 34.4. The average molecular weight is 409 g/mol. The van der Waals surface area contributed by atoms with Crippen molar-refractivity contribution >= 4 is 17.0 Å². The highest BCUT2D eigenvalue weighted by Gasteiger charge is 2.44. The number of hydrogen-bond acceptors (Lipinski definition) is 10. The van der Waals surface area contributed by atoms with Crippen molar-refractivity contribution in [2.75, 3.05) is 12.3 Å². The van der Waals surface area contributed by atoms with E-state index in [1.165, 1.54) is 16.8 Å². The van der Waals surface area contributed by atoms with Crippen LogP contribution in [-0.2, 0) is 11.3 Å². The second-order valence-corrected chi connectivity index (χ2v) is 7.21. The van der Waals surface area contributed by atoms with Gasteiger partial charge in [0, 0.05) is 12.7 Å². The summed E-state index contributed by atoms with van der Waals surface area (Å²) in [6, 6.07) is -0.516. The Hall–Kier alpha value is -2.32. The van der Waals surface area contributed by atoms with Gasteiger partial charge in [0.25, 0.3) is 5.56 Å². The van der Waals surface area contributed by atoms with Gasteiger partial charge in [0.15, 0.2) is 11.9 Å². The fourth-order valence-corrected chi connectivity index (χ4v) is 3.78. The lowest BCUT2D eigenvalue weighted by atomic mass is 10.1. The number of aliphatic hydroxyl groups excluding tert-OH is 5. The van der Waals surface area contributed by atoms with Crippen LogP contribution in [0.3, 0.4) is 0 Å². The molecule has 0 amide bonds. The number of fused-ring (bicyclic) bond motifs is 1. The lowest BCUT2D eigenvalue weighted by Gasteiger charge is -2.18. The quantitative estimate of drug-likeness (QED) is 0.231. The monoisotopic (exact) mass is 409 g/mol. The van der Waals surface area contributed by atoms with E-state index < -0.39 is 55.0 Å². The molecule has 12 nitrogen and oxygen atoms in total. The number of nitrogen functional groups attached to an aromatic ring is 1. The van der Waals surface area contributed by atoms with E-state index in [9.17, 15) is 30.3 Å². The van der Waals surface area contributed by atoms with Crippen molar-refractivity contribution in [3.05, 3.63) is 34.3 Å². The predicted molar refractivity (Wildman–Crippen MR) is 99.6 cm³/mol. The Kier molecular flexibility index (Phi) is 5.16. The molecule has 2 aromatic heterocycles. The largest absolute Gasteiger partial charge is 0.394 e. The number of ether oxygens (including phenoxy) is 1. The van der Waals surface area contributed by atoms with Crippen LogP contribution in [0.25, 0.3) is 11.0 Å². The Morgan fingerprint density at radius 3 is 2.59 bits per heavy atom. The minimum Gasteiger partial charge on any atom is -0.394 e. The van der Waals surface area contributed by atoms with Gasteiger partial charge >= 0.3 is 0 Å². The maximum Gasteiger partial charge on any atom is 0.262 e. The minimum atomic E-state index is -1.36. The van der Waals surface area contributed by atoms with Gasteiger partial charge in [0.1, 0.15) is 24.4 Å². The molecule has 1 aliphatic heterocycles. The molecule has 29 heavy (non-hydrogen) atoms. The molecule has 1 aliphatic carbocycles. The molecule has 9 N–H and O–H groups in total. The number of aliphatic hydroxyl groups is 5. The zero-order valence-corrected chi connectivity index (χ0v) is 15.2. The van der Waals surface area contributed by atoms with E-state index >= 15 is 0 Å². The van der Waals surface area contributed by atoms with Crippen LogP contribution in [0.15, 0.2) is 23.1 Å². The second-order valence-electron chi connectivity index (χ2n) is 7.21. The zero-order chi connectivity index (χ0) is 20.9. The summed E-state index contributed by atoms with van der Waals surface area (Å²) in [6.07, 6.45) is -2.13. The number of anilines is 1. The SMILES string of the molecule is Nc1nc2c(c(CNC3C=CC(O)C3O)cn2C2OC(CO)C(O)C2O)c(=O)[nH]1. The molecule has 4 rings (SSSR count). The summed E-state index contributed by atoms with van der Waals surface area (Å²) in [5, 5.41) is 52.5. The van der Waals surface area contributed by atoms with Crippen LogP contribution in [0.4, 0.5) is 5.95 Å². The number of nitrogens with zero attached hydrogens (tertiary/aromatic N) is 2. The summed E-state index contributed by atoms with van der Waals surface area (Å²) in [4.78, 5) is 19.1. The summed E-state index contributed by atoms with van der Waals surface area (Å²) in [5.41, 5.74) is 5.78. The number of hydrogen-bond donors (Lipinski definition) is 8. The van der Waals surface area contributed by atoms with Crippen molar-refractivity contribution in [1.29, 1.82) is 0 Å². The summed E-state index contributed by atoms with van der Waals surface area (Å²) < 4.78 is 6.93. The third-order valence-corrected chi connectivity index (χ3v) is 5.33. The molecule has 7 unspecified atom stereocenters. The van der Waals surface area contributed by atoms with Crippen LogP contribution in [0.2, 0.25) is 0 Å². The highest BCUT2D eigenvalue weighted by Crippen LogP contribution is 2.32. The van der Waals surface area contributed by atoms with Gasteiger partial charge in [-0.15, -0.1) is 0 Å². The second kappa shape index (κ2) is 7.50. The Balaban J connectivity index is 1.71. The maximum absolute atomic E-state index is 12.5. The van der Waals surface area contributed by atoms with E-state index in [2.05, 4.69) is 15.3 Å². The van der Waals surface area contributed by atoms with E-state index in [1.54, 1.807) is 6.08 Å². The van der Waals surface area contributed by atoms with Gasteiger partial charge in [-0.05, 0) is 5.56 Å².